The van der Waals surface area contributed by atoms with E-state index in [1.54, 1.807) is 6.07 Å². The Balaban J connectivity index is 1.64. The number of ether oxygens (including phenoxy) is 1. The lowest BCUT2D eigenvalue weighted by molar-refractivity contribution is 0.0229. The molecule has 0 radical (unpaired) electrons. The molecule has 2 fully saturated rings. The number of nitrogens with one attached hydrogen (secondary N) is 2. The van der Waals surface area contributed by atoms with Crippen LogP contribution in [0.25, 0.3) is 0 Å². The highest BCUT2D eigenvalue weighted by Crippen LogP contribution is 2.22. The van der Waals surface area contributed by atoms with E-state index >= 15 is 0 Å². The average Bonchev–Trinajstić information content (AvgIpc) is 2.71. The summed E-state index contributed by atoms with van der Waals surface area (Å²) in [5, 5.41) is 5.85. The molecule has 1 aromatic rings. The summed E-state index contributed by atoms with van der Waals surface area (Å²) in [5.74, 6) is -0.0925. The second-order valence-electron chi connectivity index (χ2n) is 7.58. The fourth-order valence-corrected chi connectivity index (χ4v) is 3.93. The summed E-state index contributed by atoms with van der Waals surface area (Å²) in [7, 11) is 0. The van der Waals surface area contributed by atoms with Crippen molar-refractivity contribution in [1.29, 1.82) is 0 Å². The van der Waals surface area contributed by atoms with Gasteiger partial charge < -0.3 is 20.3 Å². The van der Waals surface area contributed by atoms with Gasteiger partial charge in [-0.2, -0.15) is 0 Å². The number of morpholine rings is 1. The van der Waals surface area contributed by atoms with E-state index in [1.807, 2.05) is 30.9 Å². The third kappa shape index (κ3) is 5.23. The molecule has 2 saturated heterocycles. The number of anilines is 1. The number of likely N-dealkylation sites (tertiary alicyclic amines) is 1. The molecule has 1 aromatic carbocycles. The minimum atomic E-state index is -0.0925. The van der Waals surface area contributed by atoms with Crippen molar-refractivity contribution in [2.24, 2.45) is 0 Å². The van der Waals surface area contributed by atoms with Crippen LogP contribution in [0.5, 0.6) is 0 Å². The molecule has 0 saturated carbocycles. The number of carbonyl (C=O) groups excluding carboxylic acids is 2. The van der Waals surface area contributed by atoms with Crippen molar-refractivity contribution in [2.75, 3.05) is 51.3 Å². The molecule has 1 atom stereocenters. The van der Waals surface area contributed by atoms with Gasteiger partial charge in [0.15, 0.2) is 0 Å². The van der Waals surface area contributed by atoms with E-state index in [1.165, 1.54) is 6.42 Å². The van der Waals surface area contributed by atoms with Gasteiger partial charge in [-0.25, -0.2) is 4.79 Å². The molecule has 7 nitrogen and oxygen atoms in total. The lowest BCUT2D eigenvalue weighted by Gasteiger charge is -2.39. The number of carbonyl (C=O) groups is 2. The predicted molar refractivity (Wildman–Crippen MR) is 110 cm³/mol. The SMILES string of the molecule is CCNC(=O)c1ccc(NC(=O)N2CCCC[C@@H]2CN2CCOCC2)c(C)c1. The Hall–Kier alpha value is -2.12. The number of nitrogens with zero attached hydrogens (tertiary/aromatic N) is 2. The molecule has 0 spiro atoms. The molecular formula is C21H32N4O3. The number of aryl methyl sites for hydroxylation is 1. The van der Waals surface area contributed by atoms with Crippen molar-refractivity contribution in [2.45, 2.75) is 39.2 Å². The van der Waals surface area contributed by atoms with Gasteiger partial charge in [-0.1, -0.05) is 0 Å². The van der Waals surface area contributed by atoms with E-state index in [0.29, 0.717) is 12.1 Å². The lowest BCUT2D eigenvalue weighted by atomic mass is 10.0. The fourth-order valence-electron chi connectivity index (χ4n) is 3.93. The fraction of sp³-hybridized carbons (Fsp3) is 0.619. The molecule has 2 heterocycles. The van der Waals surface area contributed by atoms with Gasteiger partial charge in [0.1, 0.15) is 0 Å². The molecule has 154 valence electrons. The van der Waals surface area contributed by atoms with Crippen LogP contribution in [0, 0.1) is 6.92 Å². The van der Waals surface area contributed by atoms with Crippen molar-refractivity contribution >= 4 is 17.6 Å². The zero-order chi connectivity index (χ0) is 19.9. The number of hydrogen-bond acceptors (Lipinski definition) is 4. The number of amides is 3. The highest BCUT2D eigenvalue weighted by molar-refractivity contribution is 5.96. The quantitative estimate of drug-likeness (QED) is 0.813. The van der Waals surface area contributed by atoms with Crippen LogP contribution >= 0.6 is 0 Å². The molecule has 0 aromatic heterocycles. The van der Waals surface area contributed by atoms with Crippen LogP contribution in [0.15, 0.2) is 18.2 Å². The Kier molecular flexibility index (Phi) is 7.28. The molecule has 28 heavy (non-hydrogen) atoms. The van der Waals surface area contributed by atoms with Gasteiger partial charge in [-0.3, -0.25) is 9.69 Å². The van der Waals surface area contributed by atoms with Gasteiger partial charge in [0.05, 0.1) is 13.2 Å². The monoisotopic (exact) mass is 388 g/mol. The Morgan fingerprint density at radius 2 is 1.96 bits per heavy atom. The summed E-state index contributed by atoms with van der Waals surface area (Å²) < 4.78 is 5.43. The Labute approximate surface area is 167 Å². The average molecular weight is 389 g/mol. The maximum atomic E-state index is 13.0. The molecule has 3 amide bonds. The molecule has 0 unspecified atom stereocenters. The van der Waals surface area contributed by atoms with Crippen LogP contribution in [0.4, 0.5) is 10.5 Å². The van der Waals surface area contributed by atoms with Crippen LogP contribution < -0.4 is 10.6 Å². The Morgan fingerprint density at radius 1 is 1.18 bits per heavy atom. The van der Waals surface area contributed by atoms with Crippen LogP contribution in [0.2, 0.25) is 0 Å². The second-order valence-corrected chi connectivity index (χ2v) is 7.58. The number of hydrogen-bond donors (Lipinski definition) is 2. The van der Waals surface area contributed by atoms with Crippen LogP contribution in [-0.2, 0) is 4.74 Å². The summed E-state index contributed by atoms with van der Waals surface area (Å²) in [5.41, 5.74) is 2.26. The lowest BCUT2D eigenvalue weighted by Crippen LogP contribution is -2.52. The highest BCUT2D eigenvalue weighted by Gasteiger charge is 2.29. The topological polar surface area (TPSA) is 73.9 Å². The molecule has 7 heteroatoms. The van der Waals surface area contributed by atoms with Gasteiger partial charge in [-0.05, 0) is 56.9 Å². The van der Waals surface area contributed by atoms with E-state index in [4.69, 9.17) is 4.74 Å². The third-order valence-corrected chi connectivity index (χ3v) is 5.53. The number of benzene rings is 1. The molecule has 2 aliphatic rings. The van der Waals surface area contributed by atoms with E-state index in [2.05, 4.69) is 15.5 Å². The summed E-state index contributed by atoms with van der Waals surface area (Å²) in [4.78, 5) is 29.4. The minimum absolute atomic E-state index is 0.0492. The van der Waals surface area contributed by atoms with Crippen molar-refractivity contribution in [3.63, 3.8) is 0 Å². The number of urea groups is 1. The zero-order valence-electron chi connectivity index (χ0n) is 17.0. The largest absolute Gasteiger partial charge is 0.379 e. The van der Waals surface area contributed by atoms with Gasteiger partial charge in [0, 0.05) is 50.0 Å². The minimum Gasteiger partial charge on any atom is -0.379 e. The number of piperidine rings is 1. The van der Waals surface area contributed by atoms with Crippen molar-refractivity contribution in [1.82, 2.24) is 15.1 Å². The maximum Gasteiger partial charge on any atom is 0.322 e. The van der Waals surface area contributed by atoms with E-state index < -0.39 is 0 Å². The van der Waals surface area contributed by atoms with Crippen LogP contribution in [-0.4, -0.2) is 73.7 Å². The van der Waals surface area contributed by atoms with Crippen molar-refractivity contribution < 1.29 is 14.3 Å². The Bertz CT molecular complexity index is 688. The Morgan fingerprint density at radius 3 is 2.68 bits per heavy atom. The van der Waals surface area contributed by atoms with E-state index in [-0.39, 0.29) is 18.0 Å². The molecule has 0 aliphatic carbocycles. The first-order valence-electron chi connectivity index (χ1n) is 10.3. The number of rotatable bonds is 5. The third-order valence-electron chi connectivity index (χ3n) is 5.53. The molecular weight excluding hydrogens is 356 g/mol. The van der Waals surface area contributed by atoms with E-state index in [0.717, 1.165) is 63.5 Å². The van der Waals surface area contributed by atoms with Crippen molar-refractivity contribution in [3.05, 3.63) is 29.3 Å². The standard InChI is InChI=1S/C21H32N4O3/c1-3-22-20(26)17-7-8-19(16(2)14-17)23-21(27)25-9-5-4-6-18(25)15-24-10-12-28-13-11-24/h7-8,14,18H,3-6,9-13,15H2,1-2H3,(H,22,26)(H,23,27)/t18-/m1/s1. The van der Waals surface area contributed by atoms with Crippen LogP contribution in [0.1, 0.15) is 42.1 Å². The van der Waals surface area contributed by atoms with Crippen LogP contribution in [0.3, 0.4) is 0 Å². The molecule has 2 aliphatic heterocycles. The zero-order valence-corrected chi connectivity index (χ0v) is 17.0. The first-order chi connectivity index (χ1) is 13.6. The summed E-state index contributed by atoms with van der Waals surface area (Å²) >= 11 is 0. The van der Waals surface area contributed by atoms with Crippen molar-refractivity contribution in [3.8, 4) is 0 Å². The van der Waals surface area contributed by atoms with E-state index in [9.17, 15) is 9.59 Å². The summed E-state index contributed by atoms with van der Waals surface area (Å²) in [6, 6.07) is 5.59. The van der Waals surface area contributed by atoms with Gasteiger partial charge in [-0.15, -0.1) is 0 Å². The molecule has 3 rings (SSSR count). The summed E-state index contributed by atoms with van der Waals surface area (Å²) in [6.45, 7) is 9.52. The molecule has 2 N–H and O–H groups in total. The molecule has 0 bridgehead atoms. The highest BCUT2D eigenvalue weighted by atomic mass is 16.5. The normalized spacial score (nSPS) is 20.6. The predicted octanol–water partition coefficient (Wildman–Crippen LogP) is 2.46. The second kappa shape index (κ2) is 9.89. The maximum absolute atomic E-state index is 13.0. The first kappa shape index (κ1) is 20.6. The van der Waals surface area contributed by atoms with Gasteiger partial charge in [0.25, 0.3) is 5.91 Å². The van der Waals surface area contributed by atoms with Gasteiger partial charge in [0.2, 0.25) is 0 Å². The van der Waals surface area contributed by atoms with Gasteiger partial charge >= 0.3 is 6.03 Å². The smallest absolute Gasteiger partial charge is 0.322 e. The summed E-state index contributed by atoms with van der Waals surface area (Å²) in [6.07, 6.45) is 3.25. The first-order valence-corrected chi connectivity index (χ1v) is 10.3.